The number of hydrogen-bond acceptors (Lipinski definition) is 7. The zero-order valence-corrected chi connectivity index (χ0v) is 19.3. The van der Waals surface area contributed by atoms with Gasteiger partial charge in [0.25, 0.3) is 0 Å². The van der Waals surface area contributed by atoms with E-state index < -0.39 is 11.9 Å². The molecule has 4 heterocycles. The number of pyridine rings is 1. The van der Waals surface area contributed by atoms with Crippen LogP contribution in [0.1, 0.15) is 12.8 Å². The predicted octanol–water partition coefficient (Wildman–Crippen LogP) is 4.84. The van der Waals surface area contributed by atoms with Crippen LogP contribution in [-0.4, -0.2) is 55.7 Å². The molecule has 35 heavy (non-hydrogen) atoms. The second-order valence-electron chi connectivity index (χ2n) is 8.34. The normalized spacial score (nSPS) is 15.8. The lowest BCUT2D eigenvalue weighted by Gasteiger charge is -2.32. The van der Waals surface area contributed by atoms with Crippen molar-refractivity contribution in [1.82, 2.24) is 24.8 Å². The first kappa shape index (κ1) is 22.9. The lowest BCUT2D eigenvalue weighted by atomic mass is 9.98. The number of phenolic OH excluding ortho intramolecular Hbond substituents is 1. The second kappa shape index (κ2) is 9.75. The Morgan fingerprint density at radius 2 is 2.11 bits per heavy atom. The fourth-order valence-corrected chi connectivity index (χ4v) is 4.26. The summed E-state index contributed by atoms with van der Waals surface area (Å²) in [5.74, 6) is 0.404. The molecule has 0 aliphatic carbocycles. The van der Waals surface area contributed by atoms with E-state index >= 15 is 0 Å². The molecule has 0 saturated carbocycles. The maximum atomic E-state index is 14.5. The van der Waals surface area contributed by atoms with Crippen LogP contribution in [0.4, 0.5) is 15.0 Å². The lowest BCUT2D eigenvalue weighted by Crippen LogP contribution is -2.43. The number of nitrogens with zero attached hydrogens (tertiary/aromatic N) is 4. The molecule has 3 aromatic heterocycles. The molecule has 0 unspecified atom stereocenters. The number of ether oxygens (including phenoxy) is 1. The summed E-state index contributed by atoms with van der Waals surface area (Å²) in [6.45, 7) is 1.48. The highest BCUT2D eigenvalue weighted by molar-refractivity contribution is 6.31. The van der Waals surface area contributed by atoms with Gasteiger partial charge in [0, 0.05) is 43.0 Å². The summed E-state index contributed by atoms with van der Waals surface area (Å²) in [5.41, 5.74) is 1.30. The van der Waals surface area contributed by atoms with Crippen molar-refractivity contribution in [1.29, 1.82) is 0 Å². The van der Waals surface area contributed by atoms with Crippen LogP contribution in [0.5, 0.6) is 11.5 Å². The summed E-state index contributed by atoms with van der Waals surface area (Å²) in [7, 11) is 0. The zero-order chi connectivity index (χ0) is 24.4. The van der Waals surface area contributed by atoms with E-state index in [1.807, 2.05) is 0 Å². The highest BCUT2D eigenvalue weighted by Crippen LogP contribution is 2.28. The molecule has 1 atom stereocenters. The number of fused-ring (bicyclic) bond motifs is 1. The number of rotatable bonds is 5. The van der Waals surface area contributed by atoms with Crippen LogP contribution in [0, 0.1) is 11.7 Å². The van der Waals surface area contributed by atoms with E-state index in [0.717, 1.165) is 24.4 Å². The van der Waals surface area contributed by atoms with E-state index in [4.69, 9.17) is 16.3 Å². The number of aromatic amines is 1. The van der Waals surface area contributed by atoms with Gasteiger partial charge in [0.1, 0.15) is 17.1 Å². The van der Waals surface area contributed by atoms with Crippen molar-refractivity contribution in [2.45, 2.75) is 12.8 Å². The molecule has 0 radical (unpaired) electrons. The van der Waals surface area contributed by atoms with Gasteiger partial charge in [-0.3, -0.25) is 0 Å². The third-order valence-corrected chi connectivity index (χ3v) is 6.07. The number of anilines is 1. The number of piperidine rings is 1. The molecule has 1 aliphatic rings. The van der Waals surface area contributed by atoms with Crippen LogP contribution in [-0.2, 0) is 0 Å². The molecular weight excluding hydrogens is 475 g/mol. The molecule has 3 N–H and O–H groups in total. The smallest absolute Gasteiger partial charge is 0.415 e. The van der Waals surface area contributed by atoms with Crippen molar-refractivity contribution in [3.63, 3.8) is 0 Å². The van der Waals surface area contributed by atoms with Gasteiger partial charge in [-0.25, -0.2) is 24.1 Å². The molecule has 1 aliphatic heterocycles. The Hall–Kier alpha value is -3.92. The fourth-order valence-electron chi connectivity index (χ4n) is 4.10. The molecule has 1 saturated heterocycles. The predicted molar refractivity (Wildman–Crippen MR) is 129 cm³/mol. The van der Waals surface area contributed by atoms with E-state index in [2.05, 4.69) is 25.3 Å². The number of benzene rings is 1. The molecular formula is C24H22ClFN6O3. The Kier molecular flexibility index (Phi) is 6.37. The van der Waals surface area contributed by atoms with E-state index in [0.29, 0.717) is 47.4 Å². The average molecular weight is 497 g/mol. The van der Waals surface area contributed by atoms with Crippen molar-refractivity contribution >= 4 is 34.5 Å². The average Bonchev–Trinajstić information content (AvgIpc) is 3.28. The third-order valence-electron chi connectivity index (χ3n) is 5.86. The van der Waals surface area contributed by atoms with Crippen LogP contribution in [0.15, 0.2) is 48.9 Å². The molecule has 1 amide bonds. The molecule has 4 aromatic rings. The number of hydrogen-bond donors (Lipinski definition) is 3. The van der Waals surface area contributed by atoms with Gasteiger partial charge in [-0.05, 0) is 49.1 Å². The van der Waals surface area contributed by atoms with Gasteiger partial charge in [0.15, 0.2) is 17.5 Å². The summed E-state index contributed by atoms with van der Waals surface area (Å²) < 4.78 is 19.9. The Labute approximate surface area is 204 Å². The van der Waals surface area contributed by atoms with Crippen LogP contribution < -0.4 is 10.1 Å². The molecule has 0 spiro atoms. The highest BCUT2D eigenvalue weighted by Gasteiger charge is 2.25. The third kappa shape index (κ3) is 5.12. The Balaban J connectivity index is 1.24. The van der Waals surface area contributed by atoms with E-state index in [-0.39, 0.29) is 17.5 Å². The largest absolute Gasteiger partial charge is 0.508 e. The van der Waals surface area contributed by atoms with Crippen molar-refractivity contribution in [2.24, 2.45) is 5.92 Å². The van der Waals surface area contributed by atoms with Gasteiger partial charge in [0.2, 0.25) is 0 Å². The minimum Gasteiger partial charge on any atom is -0.508 e. The summed E-state index contributed by atoms with van der Waals surface area (Å²) in [6.07, 6.45) is 5.60. The van der Waals surface area contributed by atoms with Crippen LogP contribution in [0.25, 0.3) is 22.4 Å². The Bertz CT molecular complexity index is 1360. The number of nitrogens with one attached hydrogen (secondary N) is 2. The zero-order valence-electron chi connectivity index (χ0n) is 18.5. The van der Waals surface area contributed by atoms with E-state index in [1.165, 1.54) is 30.5 Å². The van der Waals surface area contributed by atoms with Gasteiger partial charge in [-0.2, -0.15) is 0 Å². The quantitative estimate of drug-likeness (QED) is 0.362. The van der Waals surface area contributed by atoms with Crippen molar-refractivity contribution in [2.75, 3.05) is 25.0 Å². The van der Waals surface area contributed by atoms with Crippen LogP contribution >= 0.6 is 11.6 Å². The van der Waals surface area contributed by atoms with Crippen LogP contribution in [0.2, 0.25) is 5.02 Å². The van der Waals surface area contributed by atoms with Gasteiger partial charge in [-0.1, -0.05) is 11.6 Å². The lowest BCUT2D eigenvalue weighted by molar-refractivity contribution is 0.128. The van der Waals surface area contributed by atoms with Crippen molar-refractivity contribution in [3.8, 4) is 22.9 Å². The molecule has 1 aromatic carbocycles. The van der Waals surface area contributed by atoms with Gasteiger partial charge in [0.05, 0.1) is 11.2 Å². The van der Waals surface area contributed by atoms with E-state index in [9.17, 15) is 14.3 Å². The van der Waals surface area contributed by atoms with Gasteiger partial charge >= 0.3 is 6.09 Å². The van der Waals surface area contributed by atoms with Gasteiger partial charge in [-0.15, -0.1) is 0 Å². The number of aromatic nitrogens is 4. The summed E-state index contributed by atoms with van der Waals surface area (Å²) in [5, 5.41) is 13.7. The van der Waals surface area contributed by atoms with E-state index in [1.54, 1.807) is 17.2 Å². The van der Waals surface area contributed by atoms with Crippen molar-refractivity contribution < 1.29 is 19.0 Å². The maximum Gasteiger partial charge on any atom is 0.415 e. The molecule has 0 bridgehead atoms. The van der Waals surface area contributed by atoms with Crippen molar-refractivity contribution in [3.05, 3.63) is 59.8 Å². The highest BCUT2D eigenvalue weighted by atomic mass is 35.5. The molecule has 9 nitrogen and oxygen atoms in total. The number of halogens is 2. The summed E-state index contributed by atoms with van der Waals surface area (Å²) in [6, 6.07) is 7.73. The molecule has 180 valence electrons. The SMILES string of the molecule is O=C(Oc1ccc(O)cc1)N1CCC[C@H](CNc2nc(-c3c[nH]c4ncc(Cl)cc34)ncc2F)C1. The molecule has 11 heteroatoms. The number of likely N-dealkylation sites (tertiary alicyclic amines) is 1. The number of carbonyl (C=O) groups excluding carboxylic acids is 1. The first-order valence-corrected chi connectivity index (χ1v) is 11.5. The first-order valence-electron chi connectivity index (χ1n) is 11.1. The topological polar surface area (TPSA) is 116 Å². The monoisotopic (exact) mass is 496 g/mol. The van der Waals surface area contributed by atoms with Gasteiger partial charge < -0.3 is 25.0 Å². The second-order valence-corrected chi connectivity index (χ2v) is 8.78. The standard InChI is InChI=1S/C24H22ClFN6O3/c25-15-8-18-19(11-29-21(18)28-10-15)22-30-12-20(26)23(31-22)27-9-14-2-1-7-32(13-14)24(34)35-17-5-3-16(33)4-6-17/h3-6,8,10-12,14,33H,1-2,7,9,13H2,(H,28,29)(H,27,30,31)/t14-/m1/s1. The van der Waals surface area contributed by atoms with Crippen LogP contribution in [0.3, 0.4) is 0 Å². The molecule has 1 fully saturated rings. The minimum absolute atomic E-state index is 0.0862. The first-order chi connectivity index (χ1) is 17.0. The summed E-state index contributed by atoms with van der Waals surface area (Å²) in [4.78, 5) is 30.0. The maximum absolute atomic E-state index is 14.5. The fraction of sp³-hybridized carbons (Fsp3) is 0.250. The number of H-pyrrole nitrogens is 1. The number of carbonyl (C=O) groups is 1. The number of phenols is 1. The Morgan fingerprint density at radius 1 is 1.29 bits per heavy atom. The minimum atomic E-state index is -0.566. The number of aromatic hydroxyl groups is 1. The number of amides is 1. The molecule has 5 rings (SSSR count). The Morgan fingerprint density at radius 3 is 2.94 bits per heavy atom. The summed E-state index contributed by atoms with van der Waals surface area (Å²) >= 11 is 6.08.